The molecule has 0 fully saturated rings. The number of amides is 1. The van der Waals surface area contributed by atoms with Gasteiger partial charge in [0.1, 0.15) is 23.1 Å². The standard InChI is InChI=1S/C20H21F2NO4/c1-20(2,3)13-7-9-14(10-8-13)26-12-18(25)27-11-17(24)23-19-15(21)5-4-6-16(19)22/h4-10H,11-12H2,1-3H3,(H,23,24). The van der Waals surface area contributed by atoms with E-state index in [-0.39, 0.29) is 5.41 Å². The van der Waals surface area contributed by atoms with Crippen molar-refractivity contribution in [2.75, 3.05) is 18.5 Å². The Hall–Kier alpha value is -2.96. The SMILES string of the molecule is CC(C)(C)c1ccc(OCC(=O)OCC(=O)Nc2c(F)cccc2F)cc1. The fourth-order valence-corrected chi connectivity index (χ4v) is 2.17. The lowest BCUT2D eigenvalue weighted by atomic mass is 9.87. The van der Waals surface area contributed by atoms with Gasteiger partial charge in [-0.3, -0.25) is 4.79 Å². The zero-order valence-electron chi connectivity index (χ0n) is 15.3. The maximum absolute atomic E-state index is 13.4. The molecule has 1 amide bonds. The fraction of sp³-hybridized carbons (Fsp3) is 0.300. The summed E-state index contributed by atoms with van der Waals surface area (Å²) < 4.78 is 36.9. The Labute approximate surface area is 156 Å². The number of ether oxygens (including phenoxy) is 2. The van der Waals surface area contributed by atoms with Crippen LogP contribution < -0.4 is 10.1 Å². The van der Waals surface area contributed by atoms with Crippen molar-refractivity contribution in [3.63, 3.8) is 0 Å². The second-order valence-electron chi connectivity index (χ2n) is 6.87. The predicted octanol–water partition coefficient (Wildman–Crippen LogP) is 3.82. The first kappa shape index (κ1) is 20.4. The number of nitrogens with one attached hydrogen (secondary N) is 1. The number of hydrogen-bond donors (Lipinski definition) is 1. The van der Waals surface area contributed by atoms with Crippen LogP contribution in [0.1, 0.15) is 26.3 Å². The molecule has 0 saturated carbocycles. The lowest BCUT2D eigenvalue weighted by molar-refractivity contribution is -0.149. The van der Waals surface area contributed by atoms with Gasteiger partial charge in [0, 0.05) is 0 Å². The van der Waals surface area contributed by atoms with E-state index in [1.807, 2.05) is 17.4 Å². The maximum Gasteiger partial charge on any atom is 0.344 e. The summed E-state index contributed by atoms with van der Waals surface area (Å²) in [6.45, 7) is 5.17. The highest BCUT2D eigenvalue weighted by Crippen LogP contribution is 2.24. The molecule has 0 aliphatic heterocycles. The van der Waals surface area contributed by atoms with Gasteiger partial charge in [-0.05, 0) is 35.2 Å². The van der Waals surface area contributed by atoms with Gasteiger partial charge in [-0.1, -0.05) is 39.0 Å². The lowest BCUT2D eigenvalue weighted by Crippen LogP contribution is -2.24. The van der Waals surface area contributed by atoms with E-state index in [1.54, 1.807) is 12.1 Å². The van der Waals surface area contributed by atoms with E-state index < -0.39 is 42.4 Å². The summed E-state index contributed by atoms with van der Waals surface area (Å²) in [5.74, 6) is -2.99. The third-order valence-corrected chi connectivity index (χ3v) is 3.67. The Morgan fingerprint density at radius 3 is 2.11 bits per heavy atom. The summed E-state index contributed by atoms with van der Waals surface area (Å²) in [5, 5.41) is 2.02. The van der Waals surface area contributed by atoms with Crippen molar-refractivity contribution in [2.24, 2.45) is 0 Å². The Bertz CT molecular complexity index is 793. The van der Waals surface area contributed by atoms with Gasteiger partial charge in [-0.15, -0.1) is 0 Å². The van der Waals surface area contributed by atoms with Crippen LogP contribution in [0.2, 0.25) is 0 Å². The van der Waals surface area contributed by atoms with Crippen LogP contribution in [0, 0.1) is 11.6 Å². The van der Waals surface area contributed by atoms with E-state index in [0.717, 1.165) is 17.7 Å². The summed E-state index contributed by atoms with van der Waals surface area (Å²) in [7, 11) is 0. The zero-order chi connectivity index (χ0) is 20.0. The molecule has 0 aliphatic carbocycles. The molecule has 0 heterocycles. The summed E-state index contributed by atoms with van der Waals surface area (Å²) in [6.07, 6.45) is 0. The van der Waals surface area contributed by atoms with Gasteiger partial charge < -0.3 is 14.8 Å². The number of hydrogen-bond acceptors (Lipinski definition) is 4. The Kier molecular flexibility index (Phi) is 6.50. The highest BCUT2D eigenvalue weighted by Gasteiger charge is 2.15. The maximum atomic E-state index is 13.4. The van der Waals surface area contributed by atoms with Gasteiger partial charge in [0.25, 0.3) is 5.91 Å². The summed E-state index contributed by atoms with van der Waals surface area (Å²) in [4.78, 5) is 23.3. The molecule has 0 atom stereocenters. The summed E-state index contributed by atoms with van der Waals surface area (Å²) in [5.41, 5.74) is 0.533. The molecule has 0 spiro atoms. The molecule has 27 heavy (non-hydrogen) atoms. The van der Waals surface area contributed by atoms with Crippen LogP contribution in [0.3, 0.4) is 0 Å². The number of benzene rings is 2. The van der Waals surface area contributed by atoms with E-state index in [0.29, 0.717) is 5.75 Å². The molecule has 144 valence electrons. The van der Waals surface area contributed by atoms with Gasteiger partial charge in [-0.2, -0.15) is 0 Å². The first-order valence-corrected chi connectivity index (χ1v) is 8.29. The molecule has 0 aliphatic rings. The second kappa shape index (κ2) is 8.62. The van der Waals surface area contributed by atoms with Crippen molar-refractivity contribution in [3.05, 3.63) is 59.7 Å². The minimum atomic E-state index is -0.920. The normalized spacial score (nSPS) is 11.0. The second-order valence-corrected chi connectivity index (χ2v) is 6.87. The van der Waals surface area contributed by atoms with Gasteiger partial charge in [-0.25, -0.2) is 13.6 Å². The third kappa shape index (κ3) is 6.06. The number of rotatable bonds is 6. The van der Waals surface area contributed by atoms with E-state index >= 15 is 0 Å². The minimum absolute atomic E-state index is 0.00250. The summed E-state index contributed by atoms with van der Waals surface area (Å²) in [6, 6.07) is 10.5. The molecular formula is C20H21F2NO4. The topological polar surface area (TPSA) is 64.6 Å². The predicted molar refractivity (Wildman–Crippen MR) is 96.6 cm³/mol. The zero-order valence-corrected chi connectivity index (χ0v) is 15.3. The molecule has 2 aromatic carbocycles. The fourth-order valence-electron chi connectivity index (χ4n) is 2.17. The number of halogens is 2. The van der Waals surface area contributed by atoms with Crippen LogP contribution in [-0.2, 0) is 19.7 Å². The van der Waals surface area contributed by atoms with Gasteiger partial charge in [0.2, 0.25) is 0 Å². The highest BCUT2D eigenvalue weighted by molar-refractivity contribution is 5.93. The minimum Gasteiger partial charge on any atom is -0.482 e. The van der Waals surface area contributed by atoms with Crippen LogP contribution in [0.15, 0.2) is 42.5 Å². The van der Waals surface area contributed by atoms with E-state index in [4.69, 9.17) is 9.47 Å². The first-order chi connectivity index (χ1) is 12.7. The monoisotopic (exact) mass is 377 g/mol. The van der Waals surface area contributed by atoms with Crippen LogP contribution in [-0.4, -0.2) is 25.1 Å². The van der Waals surface area contributed by atoms with Crippen molar-refractivity contribution in [3.8, 4) is 5.75 Å². The van der Waals surface area contributed by atoms with E-state index in [1.165, 1.54) is 6.07 Å². The largest absolute Gasteiger partial charge is 0.482 e. The van der Waals surface area contributed by atoms with Gasteiger partial charge in [0.15, 0.2) is 13.2 Å². The van der Waals surface area contributed by atoms with Crippen molar-refractivity contribution in [1.82, 2.24) is 0 Å². The van der Waals surface area contributed by atoms with E-state index in [9.17, 15) is 18.4 Å². The number of carbonyl (C=O) groups is 2. The van der Waals surface area contributed by atoms with Crippen LogP contribution in [0.4, 0.5) is 14.5 Å². The van der Waals surface area contributed by atoms with E-state index in [2.05, 4.69) is 20.8 Å². The van der Waals surface area contributed by atoms with Crippen LogP contribution in [0.5, 0.6) is 5.75 Å². The lowest BCUT2D eigenvalue weighted by Gasteiger charge is -2.19. The molecule has 0 unspecified atom stereocenters. The quantitative estimate of drug-likeness (QED) is 0.778. The van der Waals surface area contributed by atoms with Gasteiger partial charge in [0.05, 0.1) is 0 Å². The number of anilines is 1. The molecule has 0 aromatic heterocycles. The average molecular weight is 377 g/mol. The molecule has 7 heteroatoms. The summed E-state index contributed by atoms with van der Waals surface area (Å²) >= 11 is 0. The number of para-hydroxylation sites is 1. The molecule has 2 aromatic rings. The van der Waals surface area contributed by atoms with Crippen molar-refractivity contribution < 1.29 is 27.8 Å². The Morgan fingerprint density at radius 2 is 1.56 bits per heavy atom. The molecule has 1 N–H and O–H groups in total. The molecular weight excluding hydrogens is 356 g/mol. The van der Waals surface area contributed by atoms with Crippen molar-refractivity contribution in [2.45, 2.75) is 26.2 Å². The Morgan fingerprint density at radius 1 is 0.963 bits per heavy atom. The van der Waals surface area contributed by atoms with Crippen LogP contribution >= 0.6 is 0 Å². The van der Waals surface area contributed by atoms with Crippen molar-refractivity contribution >= 4 is 17.6 Å². The molecule has 0 saturated heterocycles. The molecule has 2 rings (SSSR count). The number of carbonyl (C=O) groups excluding carboxylic acids is 2. The molecule has 5 nitrogen and oxygen atoms in total. The van der Waals surface area contributed by atoms with Crippen LogP contribution in [0.25, 0.3) is 0 Å². The van der Waals surface area contributed by atoms with Crippen molar-refractivity contribution in [1.29, 1.82) is 0 Å². The number of esters is 1. The highest BCUT2D eigenvalue weighted by atomic mass is 19.1. The molecule has 0 bridgehead atoms. The Balaban J connectivity index is 1.78. The van der Waals surface area contributed by atoms with Gasteiger partial charge >= 0.3 is 5.97 Å². The smallest absolute Gasteiger partial charge is 0.344 e. The molecule has 0 radical (unpaired) electrons. The average Bonchev–Trinajstić information content (AvgIpc) is 2.61. The first-order valence-electron chi connectivity index (χ1n) is 8.29. The third-order valence-electron chi connectivity index (χ3n) is 3.67.